The predicted molar refractivity (Wildman–Crippen MR) is 63.6 cm³/mol. The van der Waals surface area contributed by atoms with Crippen molar-refractivity contribution >= 4 is 5.95 Å². The van der Waals surface area contributed by atoms with E-state index in [2.05, 4.69) is 30.9 Å². The van der Waals surface area contributed by atoms with Gasteiger partial charge in [0.2, 0.25) is 5.89 Å². The van der Waals surface area contributed by atoms with E-state index in [9.17, 15) is 0 Å². The van der Waals surface area contributed by atoms with Gasteiger partial charge in [-0.05, 0) is 35.9 Å². The predicted octanol–water partition coefficient (Wildman–Crippen LogP) is 1.60. The molecule has 5 nitrogen and oxygen atoms in total. The van der Waals surface area contributed by atoms with Crippen molar-refractivity contribution in [2.75, 3.05) is 12.3 Å². The van der Waals surface area contributed by atoms with E-state index in [-0.39, 0.29) is 11.4 Å². The number of hydrogen-bond donors (Lipinski definition) is 2. The molecule has 0 amide bonds. The van der Waals surface area contributed by atoms with Crippen LogP contribution < -0.4 is 11.5 Å². The number of rotatable bonds is 5. The summed E-state index contributed by atoms with van der Waals surface area (Å²) in [5.74, 6) is 1.38. The number of hydrogen-bond acceptors (Lipinski definition) is 5. The van der Waals surface area contributed by atoms with Crippen LogP contribution in [-0.4, -0.2) is 16.7 Å². The summed E-state index contributed by atoms with van der Waals surface area (Å²) in [7, 11) is 0. The maximum Gasteiger partial charge on any atom is 0.260 e. The third-order valence-electron chi connectivity index (χ3n) is 2.93. The molecule has 1 aromatic rings. The average molecular weight is 226 g/mol. The molecular formula is C11H22N4O. The van der Waals surface area contributed by atoms with E-state index in [0.29, 0.717) is 18.4 Å². The summed E-state index contributed by atoms with van der Waals surface area (Å²) in [6.07, 6.45) is 2.79. The van der Waals surface area contributed by atoms with E-state index >= 15 is 0 Å². The highest BCUT2D eigenvalue weighted by Gasteiger charge is 2.24. The highest BCUT2D eigenvalue weighted by molar-refractivity contribution is 5.10. The number of nitrogens with two attached hydrogens (primary N) is 2. The maximum atomic E-state index is 5.63. The molecule has 1 atom stereocenters. The molecule has 5 heteroatoms. The first-order valence-electron chi connectivity index (χ1n) is 5.71. The fourth-order valence-electron chi connectivity index (χ4n) is 1.88. The lowest BCUT2D eigenvalue weighted by Crippen LogP contribution is -2.24. The molecule has 92 valence electrons. The van der Waals surface area contributed by atoms with Gasteiger partial charge in [0, 0.05) is 6.42 Å². The fraction of sp³-hybridized carbons (Fsp3) is 0.818. The van der Waals surface area contributed by atoms with Crippen molar-refractivity contribution in [2.45, 2.75) is 40.0 Å². The third-order valence-corrected chi connectivity index (χ3v) is 2.93. The minimum Gasteiger partial charge on any atom is -0.365 e. The van der Waals surface area contributed by atoms with Crippen LogP contribution in [-0.2, 0) is 6.42 Å². The van der Waals surface area contributed by atoms with Crippen LogP contribution >= 0.6 is 0 Å². The van der Waals surface area contributed by atoms with E-state index in [1.165, 1.54) is 0 Å². The molecule has 1 unspecified atom stereocenters. The van der Waals surface area contributed by atoms with E-state index in [1.54, 1.807) is 0 Å². The molecule has 0 aliphatic rings. The Balaban J connectivity index is 2.50. The Hall–Kier alpha value is -1.10. The second-order valence-corrected chi connectivity index (χ2v) is 5.23. The largest absolute Gasteiger partial charge is 0.365 e. The van der Waals surface area contributed by atoms with Gasteiger partial charge in [0.25, 0.3) is 5.95 Å². The summed E-state index contributed by atoms with van der Waals surface area (Å²) in [6.45, 7) is 7.41. The number of anilines is 1. The molecule has 0 aliphatic carbocycles. The van der Waals surface area contributed by atoms with Crippen LogP contribution in [0.3, 0.4) is 0 Å². The van der Waals surface area contributed by atoms with Gasteiger partial charge in [0.15, 0.2) is 0 Å². The lowest BCUT2D eigenvalue weighted by molar-refractivity contribution is 0.208. The van der Waals surface area contributed by atoms with Crippen molar-refractivity contribution in [1.82, 2.24) is 10.1 Å². The molecular weight excluding hydrogens is 204 g/mol. The number of nitrogens with zero attached hydrogens (tertiary/aromatic N) is 2. The Kier molecular flexibility index (Phi) is 4.29. The minimum atomic E-state index is 0.209. The Labute approximate surface area is 96.6 Å². The summed E-state index contributed by atoms with van der Waals surface area (Å²) in [4.78, 5) is 3.99. The summed E-state index contributed by atoms with van der Waals surface area (Å²) in [5, 5.41) is 3.57. The van der Waals surface area contributed by atoms with Gasteiger partial charge >= 0.3 is 0 Å². The smallest absolute Gasteiger partial charge is 0.260 e. The van der Waals surface area contributed by atoms with E-state index in [0.717, 1.165) is 19.3 Å². The van der Waals surface area contributed by atoms with Crippen molar-refractivity contribution in [3.8, 4) is 0 Å². The monoisotopic (exact) mass is 226 g/mol. The zero-order valence-electron chi connectivity index (χ0n) is 10.4. The molecule has 0 saturated heterocycles. The van der Waals surface area contributed by atoms with Crippen LogP contribution in [0.2, 0.25) is 0 Å². The van der Waals surface area contributed by atoms with Crippen LogP contribution in [0.1, 0.15) is 39.5 Å². The van der Waals surface area contributed by atoms with Crippen molar-refractivity contribution in [1.29, 1.82) is 0 Å². The van der Waals surface area contributed by atoms with Gasteiger partial charge in [0.1, 0.15) is 0 Å². The van der Waals surface area contributed by atoms with Gasteiger partial charge in [-0.15, -0.1) is 0 Å². The van der Waals surface area contributed by atoms with E-state index in [1.807, 2.05) is 0 Å². The number of aryl methyl sites for hydroxylation is 1. The Bertz CT molecular complexity index is 316. The van der Waals surface area contributed by atoms with Crippen molar-refractivity contribution in [2.24, 2.45) is 17.1 Å². The standard InChI is InChI=1S/C11H22N4O/c1-11(2,3)8(6-7-12)4-5-9-14-10(13)15-16-9/h8H,4-7,12H2,1-3H3,(H2,13,15). The summed E-state index contributed by atoms with van der Waals surface area (Å²) < 4.78 is 4.99. The molecule has 0 fully saturated rings. The normalized spacial score (nSPS) is 14.0. The molecule has 0 spiro atoms. The maximum absolute atomic E-state index is 5.63. The first-order valence-corrected chi connectivity index (χ1v) is 5.71. The van der Waals surface area contributed by atoms with Crippen LogP contribution in [0, 0.1) is 11.3 Å². The summed E-state index contributed by atoms with van der Waals surface area (Å²) in [5.41, 5.74) is 11.3. The molecule has 0 radical (unpaired) electrons. The zero-order valence-corrected chi connectivity index (χ0v) is 10.4. The molecule has 0 saturated carbocycles. The molecule has 1 aromatic heterocycles. The van der Waals surface area contributed by atoms with Gasteiger partial charge < -0.3 is 16.0 Å². The molecule has 4 N–H and O–H groups in total. The topological polar surface area (TPSA) is 91.0 Å². The lowest BCUT2D eigenvalue weighted by Gasteiger charge is -2.30. The second kappa shape index (κ2) is 5.30. The first-order chi connectivity index (χ1) is 7.43. The minimum absolute atomic E-state index is 0.209. The van der Waals surface area contributed by atoms with Crippen molar-refractivity contribution < 1.29 is 4.52 Å². The highest BCUT2D eigenvalue weighted by Crippen LogP contribution is 2.31. The first kappa shape index (κ1) is 13.0. The fourth-order valence-corrected chi connectivity index (χ4v) is 1.88. The quantitative estimate of drug-likeness (QED) is 0.795. The molecule has 0 bridgehead atoms. The van der Waals surface area contributed by atoms with Gasteiger partial charge in [-0.25, -0.2) is 0 Å². The second-order valence-electron chi connectivity index (χ2n) is 5.23. The van der Waals surface area contributed by atoms with Gasteiger partial charge in [-0.1, -0.05) is 20.8 Å². The number of aromatic nitrogens is 2. The van der Waals surface area contributed by atoms with E-state index < -0.39 is 0 Å². The SMILES string of the molecule is CC(C)(C)C(CCN)CCc1nc(N)no1. The Morgan fingerprint density at radius 1 is 1.31 bits per heavy atom. The lowest BCUT2D eigenvalue weighted by atomic mass is 9.76. The molecule has 0 aliphatic heterocycles. The van der Waals surface area contributed by atoms with E-state index in [4.69, 9.17) is 16.0 Å². The van der Waals surface area contributed by atoms with Gasteiger partial charge in [-0.3, -0.25) is 0 Å². The van der Waals surface area contributed by atoms with Crippen molar-refractivity contribution in [3.63, 3.8) is 0 Å². The molecule has 1 rings (SSSR count). The summed E-state index contributed by atoms with van der Waals surface area (Å²) >= 11 is 0. The molecule has 0 aromatic carbocycles. The van der Waals surface area contributed by atoms with Crippen LogP contribution in [0.4, 0.5) is 5.95 Å². The Morgan fingerprint density at radius 3 is 2.44 bits per heavy atom. The molecule has 1 heterocycles. The third kappa shape index (κ3) is 3.81. The van der Waals surface area contributed by atoms with Crippen molar-refractivity contribution in [3.05, 3.63) is 5.89 Å². The zero-order chi connectivity index (χ0) is 12.2. The van der Waals surface area contributed by atoms with Crippen LogP contribution in [0.25, 0.3) is 0 Å². The Morgan fingerprint density at radius 2 is 2.00 bits per heavy atom. The van der Waals surface area contributed by atoms with Gasteiger partial charge in [-0.2, -0.15) is 4.98 Å². The van der Waals surface area contributed by atoms with Crippen LogP contribution in [0.5, 0.6) is 0 Å². The average Bonchev–Trinajstić information content (AvgIpc) is 2.57. The van der Waals surface area contributed by atoms with Gasteiger partial charge in [0.05, 0.1) is 0 Å². The molecule has 16 heavy (non-hydrogen) atoms. The highest BCUT2D eigenvalue weighted by atomic mass is 16.5. The summed E-state index contributed by atoms with van der Waals surface area (Å²) in [6, 6.07) is 0. The van der Waals surface area contributed by atoms with Crippen LogP contribution in [0.15, 0.2) is 4.52 Å². The number of nitrogen functional groups attached to an aromatic ring is 1.